The molecule has 3 aromatic rings. The van der Waals surface area contributed by atoms with Crippen LogP contribution in [0.3, 0.4) is 0 Å². The lowest BCUT2D eigenvalue weighted by molar-refractivity contribution is 0.102. The van der Waals surface area contributed by atoms with Crippen molar-refractivity contribution < 1.29 is 9.21 Å². The smallest absolute Gasteiger partial charge is 0.276 e. The molecular weight excluding hydrogens is 262 g/mol. The lowest BCUT2D eigenvalue weighted by Gasteiger charge is -1.99. The van der Waals surface area contributed by atoms with Gasteiger partial charge >= 0.3 is 0 Å². The minimum atomic E-state index is -0.277. The molecule has 0 aliphatic heterocycles. The van der Waals surface area contributed by atoms with Gasteiger partial charge in [0.2, 0.25) is 0 Å². The summed E-state index contributed by atoms with van der Waals surface area (Å²) < 4.78 is 5.24. The van der Waals surface area contributed by atoms with Gasteiger partial charge in [-0.2, -0.15) is 0 Å². The maximum atomic E-state index is 11.9. The molecule has 0 saturated carbocycles. The van der Waals surface area contributed by atoms with Gasteiger partial charge < -0.3 is 4.42 Å². The van der Waals surface area contributed by atoms with Crippen LogP contribution in [0.5, 0.6) is 0 Å². The topological polar surface area (TPSA) is 68.0 Å². The molecule has 3 aromatic heterocycles. The molecule has 0 aliphatic rings. The molecule has 3 heterocycles. The van der Waals surface area contributed by atoms with Crippen molar-refractivity contribution in [2.45, 2.75) is 0 Å². The summed E-state index contributed by atoms with van der Waals surface area (Å²) in [5.41, 5.74) is 1.06. The van der Waals surface area contributed by atoms with Gasteiger partial charge in [0.15, 0.2) is 10.9 Å². The second-order valence-corrected chi connectivity index (χ2v) is 4.54. The number of thiazole rings is 1. The van der Waals surface area contributed by atoms with E-state index in [9.17, 15) is 4.79 Å². The van der Waals surface area contributed by atoms with Crippen LogP contribution in [-0.4, -0.2) is 15.9 Å². The Morgan fingerprint density at radius 3 is 2.95 bits per heavy atom. The quantitative estimate of drug-likeness (QED) is 0.795. The first-order valence-electron chi connectivity index (χ1n) is 5.55. The third kappa shape index (κ3) is 2.53. The van der Waals surface area contributed by atoms with Crippen molar-refractivity contribution in [3.05, 3.63) is 53.9 Å². The molecule has 0 aliphatic carbocycles. The number of furan rings is 1. The van der Waals surface area contributed by atoms with Gasteiger partial charge in [-0.3, -0.25) is 15.1 Å². The molecule has 0 saturated heterocycles. The SMILES string of the molecule is O=C(Nc1nc(-c2ccco2)cs1)c1ccccn1. The van der Waals surface area contributed by atoms with Gasteiger partial charge in [0.1, 0.15) is 11.4 Å². The van der Waals surface area contributed by atoms with E-state index in [1.165, 1.54) is 11.3 Å². The van der Waals surface area contributed by atoms with Crippen LogP contribution in [0.1, 0.15) is 10.5 Å². The number of aromatic nitrogens is 2. The van der Waals surface area contributed by atoms with E-state index >= 15 is 0 Å². The number of carbonyl (C=O) groups excluding carboxylic acids is 1. The van der Waals surface area contributed by atoms with Crippen LogP contribution in [0.25, 0.3) is 11.5 Å². The molecule has 19 heavy (non-hydrogen) atoms. The first kappa shape index (κ1) is 11.6. The first-order chi connectivity index (χ1) is 9.33. The van der Waals surface area contributed by atoms with E-state index in [-0.39, 0.29) is 5.91 Å². The second-order valence-electron chi connectivity index (χ2n) is 3.68. The number of nitrogens with zero attached hydrogens (tertiary/aromatic N) is 2. The highest BCUT2D eigenvalue weighted by molar-refractivity contribution is 7.14. The normalized spacial score (nSPS) is 10.3. The summed E-state index contributed by atoms with van der Waals surface area (Å²) in [6.45, 7) is 0. The number of carbonyl (C=O) groups is 1. The zero-order valence-corrected chi connectivity index (χ0v) is 10.6. The summed E-state index contributed by atoms with van der Waals surface area (Å²) in [7, 11) is 0. The summed E-state index contributed by atoms with van der Waals surface area (Å²) in [4.78, 5) is 20.1. The van der Waals surface area contributed by atoms with Crippen molar-refractivity contribution in [2.75, 3.05) is 5.32 Å². The molecule has 0 fully saturated rings. The number of hydrogen-bond donors (Lipinski definition) is 1. The average Bonchev–Trinajstić information content (AvgIpc) is 3.10. The maximum absolute atomic E-state index is 11.9. The van der Waals surface area contributed by atoms with E-state index < -0.39 is 0 Å². The molecule has 6 heteroatoms. The summed E-state index contributed by atoms with van der Waals surface area (Å²) >= 11 is 1.34. The fraction of sp³-hybridized carbons (Fsp3) is 0. The average molecular weight is 271 g/mol. The molecule has 94 valence electrons. The van der Waals surface area contributed by atoms with Crippen molar-refractivity contribution in [3.8, 4) is 11.5 Å². The molecule has 1 N–H and O–H groups in total. The predicted octanol–water partition coefficient (Wildman–Crippen LogP) is 3.05. The van der Waals surface area contributed by atoms with Crippen molar-refractivity contribution in [3.63, 3.8) is 0 Å². The molecular formula is C13H9N3O2S. The summed E-state index contributed by atoms with van der Waals surface area (Å²) in [5, 5.41) is 5.05. The van der Waals surface area contributed by atoms with Crippen LogP contribution in [-0.2, 0) is 0 Å². The van der Waals surface area contributed by atoms with Crippen LogP contribution in [0.4, 0.5) is 5.13 Å². The molecule has 0 bridgehead atoms. The van der Waals surface area contributed by atoms with E-state index in [1.54, 1.807) is 36.7 Å². The minimum absolute atomic E-state index is 0.277. The Bertz CT molecular complexity index is 677. The fourth-order valence-electron chi connectivity index (χ4n) is 1.53. The molecule has 0 atom stereocenters. The van der Waals surface area contributed by atoms with Crippen molar-refractivity contribution in [2.24, 2.45) is 0 Å². The fourth-order valence-corrected chi connectivity index (χ4v) is 2.22. The summed E-state index contributed by atoms with van der Waals surface area (Å²) in [6, 6.07) is 8.78. The summed E-state index contributed by atoms with van der Waals surface area (Å²) in [6.07, 6.45) is 3.16. The Morgan fingerprint density at radius 1 is 1.26 bits per heavy atom. The third-order valence-corrected chi connectivity index (χ3v) is 3.15. The molecule has 0 spiro atoms. The van der Waals surface area contributed by atoms with Gasteiger partial charge in [-0.05, 0) is 24.3 Å². The van der Waals surface area contributed by atoms with Gasteiger partial charge in [0.05, 0.1) is 6.26 Å². The number of rotatable bonds is 3. The molecule has 0 radical (unpaired) electrons. The third-order valence-electron chi connectivity index (χ3n) is 2.40. The van der Waals surface area contributed by atoms with E-state index in [1.807, 2.05) is 11.4 Å². The molecule has 3 rings (SSSR count). The van der Waals surface area contributed by atoms with Crippen molar-refractivity contribution in [1.82, 2.24) is 9.97 Å². The van der Waals surface area contributed by atoms with Gasteiger partial charge in [0, 0.05) is 11.6 Å². The van der Waals surface area contributed by atoms with E-state index in [0.29, 0.717) is 22.3 Å². The number of pyridine rings is 1. The van der Waals surface area contributed by atoms with Gasteiger partial charge in [-0.15, -0.1) is 11.3 Å². The number of anilines is 1. The Labute approximate surface area is 112 Å². The van der Waals surface area contributed by atoms with Crippen LogP contribution in [0.2, 0.25) is 0 Å². The highest BCUT2D eigenvalue weighted by atomic mass is 32.1. The number of amides is 1. The monoisotopic (exact) mass is 271 g/mol. The Kier molecular flexibility index (Phi) is 3.07. The second kappa shape index (κ2) is 5.03. The zero-order valence-electron chi connectivity index (χ0n) is 9.74. The van der Waals surface area contributed by atoms with E-state index in [4.69, 9.17) is 4.42 Å². The lowest BCUT2D eigenvalue weighted by Crippen LogP contribution is -2.13. The zero-order chi connectivity index (χ0) is 13.1. The number of hydrogen-bond acceptors (Lipinski definition) is 5. The number of nitrogens with one attached hydrogen (secondary N) is 1. The highest BCUT2D eigenvalue weighted by Gasteiger charge is 2.11. The van der Waals surface area contributed by atoms with Gasteiger partial charge in [-0.1, -0.05) is 6.07 Å². The van der Waals surface area contributed by atoms with E-state index in [0.717, 1.165) is 0 Å². The van der Waals surface area contributed by atoms with Gasteiger partial charge in [-0.25, -0.2) is 4.98 Å². The largest absolute Gasteiger partial charge is 0.463 e. The maximum Gasteiger partial charge on any atom is 0.276 e. The Morgan fingerprint density at radius 2 is 2.21 bits per heavy atom. The molecule has 0 unspecified atom stereocenters. The molecule has 1 amide bonds. The summed E-state index contributed by atoms with van der Waals surface area (Å²) in [5.74, 6) is 0.399. The standard InChI is InChI=1S/C13H9N3O2S/c17-12(9-4-1-2-6-14-9)16-13-15-10(8-19-13)11-5-3-7-18-11/h1-8H,(H,15,16,17). The van der Waals surface area contributed by atoms with Crippen molar-refractivity contribution >= 4 is 22.4 Å². The predicted molar refractivity (Wildman–Crippen MR) is 72.0 cm³/mol. The van der Waals surface area contributed by atoms with Crippen LogP contribution < -0.4 is 5.32 Å². The van der Waals surface area contributed by atoms with Crippen LogP contribution >= 0.6 is 11.3 Å². The molecule has 0 aromatic carbocycles. The van der Waals surface area contributed by atoms with Crippen LogP contribution in [0, 0.1) is 0 Å². The Balaban J connectivity index is 1.76. The minimum Gasteiger partial charge on any atom is -0.463 e. The highest BCUT2D eigenvalue weighted by Crippen LogP contribution is 2.25. The molecule has 5 nitrogen and oxygen atoms in total. The first-order valence-corrected chi connectivity index (χ1v) is 6.43. The van der Waals surface area contributed by atoms with Gasteiger partial charge in [0.25, 0.3) is 5.91 Å². The Hall–Kier alpha value is -2.47. The van der Waals surface area contributed by atoms with E-state index in [2.05, 4.69) is 15.3 Å². The van der Waals surface area contributed by atoms with Crippen molar-refractivity contribution in [1.29, 1.82) is 0 Å². The lowest BCUT2D eigenvalue weighted by atomic mass is 10.3. The van der Waals surface area contributed by atoms with Crippen LogP contribution in [0.15, 0.2) is 52.6 Å².